The molecule has 0 amide bonds. The van der Waals surface area contributed by atoms with E-state index in [1.165, 1.54) is 0 Å². The molecular weight excluding hydrogens is 649 g/mol. The lowest BCUT2D eigenvalue weighted by Crippen LogP contribution is -2.11. The molecule has 0 aliphatic rings. The van der Waals surface area contributed by atoms with Crippen LogP contribution in [0, 0.1) is 0 Å². The van der Waals surface area contributed by atoms with E-state index in [1.807, 2.05) is 0 Å². The van der Waals surface area contributed by atoms with Gasteiger partial charge in [-0.1, -0.05) is 0 Å². The minimum Gasteiger partial charge on any atom is -0.302 e. The number of carbonyl (C=O) groups is 2. The van der Waals surface area contributed by atoms with Crippen molar-refractivity contribution in [2.24, 2.45) is 0 Å². The molecule has 0 bridgehead atoms. The second-order valence-electron chi connectivity index (χ2n) is 5.83. The van der Waals surface area contributed by atoms with Crippen molar-refractivity contribution in [1.82, 2.24) is 0 Å². The monoisotopic (exact) mass is 658 g/mol. The van der Waals surface area contributed by atoms with Crippen molar-refractivity contribution in [3.8, 4) is 0 Å². The van der Waals surface area contributed by atoms with Gasteiger partial charge in [0.15, 0.2) is 66.5 Å². The molecule has 0 heterocycles. The van der Waals surface area contributed by atoms with Crippen LogP contribution in [0.3, 0.4) is 0 Å². The van der Waals surface area contributed by atoms with Crippen molar-refractivity contribution < 1.29 is 62.2 Å². The minimum atomic E-state index is -3.01. The Morgan fingerprint density at radius 2 is 0.694 bits per heavy atom. The predicted octanol–water partition coefficient (Wildman–Crippen LogP) is 1.53. The molecule has 0 aromatic heterocycles. The number of rotatable bonds is 8. The SMILES string of the molecule is O=C(SSC(=O)c1c(S(=O)O)cc(S(=O)O)cc1S(=O)O)c1c(S(=O)O)cc(S(=O)O)cc1S(=O)O. The summed E-state index contributed by atoms with van der Waals surface area (Å²) in [5.74, 6) is 0. The molecule has 198 valence electrons. The van der Waals surface area contributed by atoms with Gasteiger partial charge in [-0.25, -0.2) is 25.3 Å². The lowest BCUT2D eigenvalue weighted by atomic mass is 10.2. The normalized spacial score (nSPS) is 16.5. The van der Waals surface area contributed by atoms with Crippen molar-refractivity contribution in [2.45, 2.75) is 29.4 Å². The Hall–Kier alpha value is -0.860. The van der Waals surface area contributed by atoms with Gasteiger partial charge in [-0.3, -0.25) is 9.59 Å². The molecule has 0 aliphatic carbocycles. The van der Waals surface area contributed by atoms with Gasteiger partial charge in [-0.2, -0.15) is 0 Å². The van der Waals surface area contributed by atoms with Crippen LogP contribution < -0.4 is 0 Å². The molecule has 6 N–H and O–H groups in total. The second-order valence-corrected chi connectivity index (χ2v) is 13.6. The van der Waals surface area contributed by atoms with Crippen LogP contribution in [-0.4, -0.2) is 62.8 Å². The van der Waals surface area contributed by atoms with E-state index in [4.69, 9.17) is 0 Å². The molecule has 22 heteroatoms. The average Bonchev–Trinajstić information content (AvgIpc) is 2.79. The zero-order chi connectivity index (χ0) is 27.5. The maximum Gasteiger partial charge on any atom is 0.232 e. The maximum atomic E-state index is 12.8. The Morgan fingerprint density at radius 1 is 0.472 bits per heavy atom. The van der Waals surface area contributed by atoms with E-state index in [0.717, 1.165) is 0 Å². The molecule has 36 heavy (non-hydrogen) atoms. The smallest absolute Gasteiger partial charge is 0.232 e. The third kappa shape index (κ3) is 7.37. The summed E-state index contributed by atoms with van der Waals surface area (Å²) in [5, 5.41) is -2.55. The van der Waals surface area contributed by atoms with Crippen LogP contribution in [-0.2, 0) is 66.5 Å². The Morgan fingerprint density at radius 3 is 0.861 bits per heavy atom. The van der Waals surface area contributed by atoms with Crippen LogP contribution in [0.15, 0.2) is 53.6 Å². The van der Waals surface area contributed by atoms with Gasteiger partial charge in [0.25, 0.3) is 0 Å². The van der Waals surface area contributed by atoms with Crippen molar-refractivity contribution in [3.63, 3.8) is 0 Å². The van der Waals surface area contributed by atoms with Crippen molar-refractivity contribution >= 4 is 98.3 Å². The third-order valence-corrected chi connectivity index (χ3v) is 9.86. The highest BCUT2D eigenvalue weighted by molar-refractivity contribution is 8.87. The third-order valence-electron chi connectivity index (χ3n) is 3.84. The summed E-state index contributed by atoms with van der Waals surface area (Å²) >= 11 is -17.6. The van der Waals surface area contributed by atoms with Crippen LogP contribution in [0.5, 0.6) is 0 Å². The predicted molar refractivity (Wildman–Crippen MR) is 131 cm³/mol. The first-order valence-corrected chi connectivity index (χ1v) is 16.9. The molecular formula is C14H10O14S8. The van der Waals surface area contributed by atoms with Gasteiger partial charge < -0.3 is 27.3 Å². The number of carbonyl (C=O) groups excluding carboxylic acids is 2. The van der Waals surface area contributed by atoms with Crippen LogP contribution in [0.4, 0.5) is 0 Å². The molecule has 0 fully saturated rings. The van der Waals surface area contributed by atoms with E-state index < -0.39 is 117 Å². The van der Waals surface area contributed by atoms with Gasteiger partial charge in [0.05, 0.1) is 40.5 Å². The standard InChI is InChI=1S/C14H10O14S8/c15-13(11-7(33(21)22)1-5(31(17)18)2-8(11)34(23)24)29-30-14(16)12-9(35(25)26)3-6(32(19)20)4-10(12)36(27)28/h1-4H,(H,17,18)(H,19,20)(H,21,22)(H,23,24)(H,25,26)(H,27,28). The summed E-state index contributed by atoms with van der Waals surface area (Å²) in [6, 6.07) is 2.60. The van der Waals surface area contributed by atoms with Gasteiger partial charge in [0.2, 0.25) is 10.2 Å². The van der Waals surface area contributed by atoms with E-state index >= 15 is 0 Å². The van der Waals surface area contributed by atoms with Crippen molar-refractivity contribution in [3.05, 3.63) is 35.4 Å². The van der Waals surface area contributed by atoms with E-state index in [2.05, 4.69) is 0 Å². The molecule has 2 aromatic carbocycles. The maximum absolute atomic E-state index is 12.8. The fourth-order valence-electron chi connectivity index (χ4n) is 2.45. The minimum absolute atomic E-state index is 0.0106. The first-order chi connectivity index (χ1) is 16.7. The zero-order valence-electron chi connectivity index (χ0n) is 16.5. The molecule has 0 aliphatic heterocycles. The largest absolute Gasteiger partial charge is 0.302 e. The van der Waals surface area contributed by atoms with Gasteiger partial charge in [0, 0.05) is 0 Å². The van der Waals surface area contributed by atoms with Crippen molar-refractivity contribution in [2.75, 3.05) is 0 Å². The van der Waals surface area contributed by atoms with Gasteiger partial charge in [-0.15, -0.1) is 0 Å². The summed E-state index contributed by atoms with van der Waals surface area (Å²) in [6.45, 7) is 0. The lowest BCUT2D eigenvalue weighted by Gasteiger charge is -2.12. The highest BCUT2D eigenvalue weighted by Crippen LogP contribution is 2.37. The quantitative estimate of drug-likeness (QED) is 0.174. The molecule has 6 atom stereocenters. The van der Waals surface area contributed by atoms with Crippen LogP contribution >= 0.6 is 21.6 Å². The Labute approximate surface area is 223 Å². The average molecular weight is 659 g/mol. The van der Waals surface area contributed by atoms with Crippen LogP contribution in [0.25, 0.3) is 0 Å². The number of hydrogen-bond acceptors (Lipinski definition) is 10. The zero-order valence-corrected chi connectivity index (χ0v) is 23.1. The Balaban J connectivity index is 2.56. The fourth-order valence-corrected chi connectivity index (χ4v) is 8.14. The Bertz CT molecular complexity index is 1230. The van der Waals surface area contributed by atoms with E-state index in [9.17, 15) is 62.2 Å². The van der Waals surface area contributed by atoms with E-state index in [-0.39, 0.29) is 21.6 Å². The molecule has 2 aromatic rings. The first-order valence-electron chi connectivity index (χ1n) is 8.11. The molecule has 0 saturated carbocycles. The highest BCUT2D eigenvalue weighted by atomic mass is 33.1. The van der Waals surface area contributed by atoms with Gasteiger partial charge in [0.1, 0.15) is 0 Å². The summed E-state index contributed by atoms with van der Waals surface area (Å²) in [7, 11) is -0.0212. The second kappa shape index (κ2) is 13.3. The van der Waals surface area contributed by atoms with Gasteiger partial charge in [-0.05, 0) is 45.9 Å². The Kier molecular flexibility index (Phi) is 11.6. The topological polar surface area (TPSA) is 258 Å². The molecule has 2 rings (SSSR count). The molecule has 14 nitrogen and oxygen atoms in total. The number of hydrogen-bond donors (Lipinski definition) is 6. The molecule has 0 saturated heterocycles. The van der Waals surface area contributed by atoms with E-state index in [1.54, 1.807) is 0 Å². The summed E-state index contributed by atoms with van der Waals surface area (Å²) < 4.78 is 126. The first kappa shape index (κ1) is 31.4. The highest BCUT2D eigenvalue weighted by Gasteiger charge is 2.29. The van der Waals surface area contributed by atoms with E-state index in [0.29, 0.717) is 24.3 Å². The van der Waals surface area contributed by atoms with Crippen LogP contribution in [0.1, 0.15) is 20.7 Å². The summed E-state index contributed by atoms with van der Waals surface area (Å²) in [4.78, 5) is 21.0. The molecule has 0 radical (unpaired) electrons. The lowest BCUT2D eigenvalue weighted by molar-refractivity contribution is 0.107. The summed E-state index contributed by atoms with van der Waals surface area (Å²) in [6.07, 6.45) is 0. The van der Waals surface area contributed by atoms with Crippen LogP contribution in [0.2, 0.25) is 0 Å². The molecule has 0 spiro atoms. The summed E-state index contributed by atoms with van der Waals surface area (Å²) in [5.41, 5.74) is -1.70. The van der Waals surface area contributed by atoms with Crippen molar-refractivity contribution in [1.29, 1.82) is 0 Å². The van der Waals surface area contributed by atoms with Gasteiger partial charge >= 0.3 is 0 Å². The molecule has 6 unspecified atom stereocenters. The number of benzene rings is 2. The fraction of sp³-hybridized carbons (Fsp3) is 0.